The van der Waals surface area contributed by atoms with E-state index in [9.17, 15) is 4.79 Å². The number of nitrogens with two attached hydrogens (primary N) is 1. The van der Waals surface area contributed by atoms with E-state index in [4.69, 9.17) is 20.3 Å². The van der Waals surface area contributed by atoms with Crippen LogP contribution in [0.3, 0.4) is 0 Å². The van der Waals surface area contributed by atoms with Gasteiger partial charge < -0.3 is 20.3 Å². The highest BCUT2D eigenvalue weighted by atomic mass is 16.6. The van der Waals surface area contributed by atoms with E-state index in [-0.39, 0.29) is 18.5 Å². The quantitative estimate of drug-likeness (QED) is 0.713. The van der Waals surface area contributed by atoms with Crippen LogP contribution in [-0.2, 0) is 9.47 Å². The molecule has 1 aromatic heterocycles. The van der Waals surface area contributed by atoms with Crippen LogP contribution >= 0.6 is 0 Å². The first-order valence-corrected chi connectivity index (χ1v) is 5.29. The largest absolute Gasteiger partial charge is 0.394 e. The topological polar surface area (TPSA) is 99.6 Å². The summed E-state index contributed by atoms with van der Waals surface area (Å²) in [6.45, 7) is -0.147. The summed E-state index contributed by atoms with van der Waals surface area (Å²) in [5.74, 6) is 0.172. The smallest absolute Gasteiger partial charge is 0.351 e. The van der Waals surface area contributed by atoms with Crippen molar-refractivity contribution in [3.63, 3.8) is 0 Å². The van der Waals surface area contributed by atoms with Gasteiger partial charge >= 0.3 is 5.69 Å². The van der Waals surface area contributed by atoms with Gasteiger partial charge in [-0.1, -0.05) is 0 Å². The molecule has 7 nitrogen and oxygen atoms in total. The van der Waals surface area contributed by atoms with Crippen LogP contribution in [0.25, 0.3) is 0 Å². The van der Waals surface area contributed by atoms with Crippen LogP contribution in [0.1, 0.15) is 12.6 Å². The molecule has 1 aliphatic heterocycles. The summed E-state index contributed by atoms with van der Waals surface area (Å²) in [7, 11) is 1.54. The third-order valence-corrected chi connectivity index (χ3v) is 2.82. The number of methoxy groups -OCH3 is 1. The number of anilines is 1. The van der Waals surface area contributed by atoms with Crippen molar-refractivity contribution < 1.29 is 14.6 Å². The van der Waals surface area contributed by atoms with Crippen molar-refractivity contribution in [2.24, 2.45) is 0 Å². The molecule has 2 heterocycles. The molecule has 0 bridgehead atoms. The van der Waals surface area contributed by atoms with Gasteiger partial charge in [-0.25, -0.2) is 4.79 Å². The van der Waals surface area contributed by atoms with Gasteiger partial charge in [0.15, 0.2) is 0 Å². The van der Waals surface area contributed by atoms with Crippen molar-refractivity contribution >= 4 is 5.82 Å². The van der Waals surface area contributed by atoms with Crippen LogP contribution in [0.2, 0.25) is 0 Å². The standard InChI is InChI=1S/C10H15N3O4/c1-16-6-4-9(17-7(6)5-14)13-3-2-8(11)12-10(13)15/h2-3,6-7,9,14H,4-5H2,1H3,(H2,11,12,15)/t6?,7-,9-/m0/s1. The Balaban J connectivity index is 2.22. The molecule has 3 N–H and O–H groups in total. The highest BCUT2D eigenvalue weighted by Gasteiger charge is 2.36. The number of aliphatic hydroxyl groups is 1. The van der Waals surface area contributed by atoms with Gasteiger partial charge in [-0.2, -0.15) is 4.98 Å². The van der Waals surface area contributed by atoms with Gasteiger partial charge in [0.2, 0.25) is 0 Å². The Hall–Kier alpha value is -1.44. The first kappa shape index (κ1) is 12.0. The van der Waals surface area contributed by atoms with E-state index in [2.05, 4.69) is 4.98 Å². The lowest BCUT2D eigenvalue weighted by Crippen LogP contribution is -2.28. The molecule has 94 valence electrons. The lowest BCUT2D eigenvalue weighted by atomic mass is 10.2. The van der Waals surface area contributed by atoms with Gasteiger partial charge in [-0.15, -0.1) is 0 Å². The van der Waals surface area contributed by atoms with Crippen molar-refractivity contribution in [1.82, 2.24) is 9.55 Å². The fourth-order valence-electron chi connectivity index (χ4n) is 1.93. The number of hydrogen-bond donors (Lipinski definition) is 2. The normalized spacial score (nSPS) is 28.5. The predicted octanol–water partition coefficient (Wildman–Crippen LogP) is -0.880. The Morgan fingerprint density at radius 3 is 3.06 bits per heavy atom. The number of hydrogen-bond acceptors (Lipinski definition) is 6. The molecule has 0 aliphatic carbocycles. The zero-order chi connectivity index (χ0) is 12.4. The van der Waals surface area contributed by atoms with E-state index in [0.717, 1.165) is 0 Å². The lowest BCUT2D eigenvalue weighted by molar-refractivity contribution is -0.0534. The van der Waals surface area contributed by atoms with Crippen LogP contribution in [-0.4, -0.2) is 40.6 Å². The summed E-state index contributed by atoms with van der Waals surface area (Å²) in [5.41, 5.74) is 4.93. The maximum atomic E-state index is 11.6. The van der Waals surface area contributed by atoms with Gasteiger partial charge in [-0.3, -0.25) is 4.57 Å². The second kappa shape index (κ2) is 4.82. The van der Waals surface area contributed by atoms with E-state index < -0.39 is 18.0 Å². The van der Waals surface area contributed by atoms with Crippen LogP contribution in [0.5, 0.6) is 0 Å². The number of nitrogen functional groups attached to an aromatic ring is 1. The second-order valence-corrected chi connectivity index (χ2v) is 3.86. The monoisotopic (exact) mass is 241 g/mol. The zero-order valence-electron chi connectivity index (χ0n) is 9.44. The molecule has 1 aliphatic rings. The van der Waals surface area contributed by atoms with E-state index in [0.29, 0.717) is 6.42 Å². The molecule has 1 saturated heterocycles. The molecular formula is C10H15N3O4. The molecule has 0 saturated carbocycles. The van der Waals surface area contributed by atoms with E-state index in [1.54, 1.807) is 7.11 Å². The Morgan fingerprint density at radius 1 is 1.76 bits per heavy atom. The van der Waals surface area contributed by atoms with Crippen molar-refractivity contribution in [3.8, 4) is 0 Å². The molecule has 0 amide bonds. The van der Waals surface area contributed by atoms with E-state index in [1.807, 2.05) is 0 Å². The van der Waals surface area contributed by atoms with Crippen molar-refractivity contribution in [2.45, 2.75) is 24.9 Å². The minimum atomic E-state index is -0.474. The highest BCUT2D eigenvalue weighted by Crippen LogP contribution is 2.29. The van der Waals surface area contributed by atoms with Crippen LogP contribution in [0.4, 0.5) is 5.82 Å². The molecular weight excluding hydrogens is 226 g/mol. The van der Waals surface area contributed by atoms with Crippen molar-refractivity contribution in [2.75, 3.05) is 19.5 Å². The number of ether oxygens (including phenoxy) is 2. The maximum Gasteiger partial charge on any atom is 0.351 e. The maximum absolute atomic E-state index is 11.6. The SMILES string of the molecule is COC1C[C@@H](n2ccc(N)nc2=O)O[C@H]1CO. The van der Waals surface area contributed by atoms with E-state index >= 15 is 0 Å². The number of rotatable bonds is 3. The number of aromatic nitrogens is 2. The summed E-state index contributed by atoms with van der Waals surface area (Å²) in [4.78, 5) is 15.2. The molecule has 1 fully saturated rings. The molecule has 1 unspecified atom stereocenters. The minimum absolute atomic E-state index is 0.147. The molecule has 7 heteroatoms. The number of nitrogens with zero attached hydrogens (tertiary/aromatic N) is 2. The van der Waals surface area contributed by atoms with Gasteiger partial charge in [0, 0.05) is 19.7 Å². The van der Waals surface area contributed by atoms with Crippen LogP contribution in [0, 0.1) is 0 Å². The summed E-state index contributed by atoms with van der Waals surface area (Å²) < 4.78 is 12.1. The van der Waals surface area contributed by atoms with Crippen molar-refractivity contribution in [3.05, 3.63) is 22.7 Å². The summed E-state index contributed by atoms with van der Waals surface area (Å²) >= 11 is 0. The summed E-state index contributed by atoms with van der Waals surface area (Å²) in [6, 6.07) is 1.53. The Morgan fingerprint density at radius 2 is 2.53 bits per heavy atom. The average Bonchev–Trinajstić information content (AvgIpc) is 2.72. The first-order chi connectivity index (χ1) is 8.15. The molecule has 3 atom stereocenters. The Bertz CT molecular complexity index is 435. The molecule has 0 radical (unpaired) electrons. The molecule has 1 aromatic rings. The molecule has 0 spiro atoms. The lowest BCUT2D eigenvalue weighted by Gasteiger charge is -2.14. The third kappa shape index (κ3) is 2.31. The average molecular weight is 241 g/mol. The third-order valence-electron chi connectivity index (χ3n) is 2.82. The minimum Gasteiger partial charge on any atom is -0.394 e. The van der Waals surface area contributed by atoms with E-state index in [1.165, 1.54) is 16.8 Å². The fraction of sp³-hybridized carbons (Fsp3) is 0.600. The summed E-state index contributed by atoms with van der Waals surface area (Å²) in [5, 5.41) is 9.12. The molecule has 17 heavy (non-hydrogen) atoms. The first-order valence-electron chi connectivity index (χ1n) is 5.29. The molecule has 2 rings (SSSR count). The Kier molecular flexibility index (Phi) is 3.41. The fourth-order valence-corrected chi connectivity index (χ4v) is 1.93. The van der Waals surface area contributed by atoms with Gasteiger partial charge in [0.25, 0.3) is 0 Å². The van der Waals surface area contributed by atoms with Crippen molar-refractivity contribution in [1.29, 1.82) is 0 Å². The van der Waals surface area contributed by atoms with Crippen LogP contribution in [0.15, 0.2) is 17.1 Å². The number of aliphatic hydroxyl groups excluding tert-OH is 1. The summed E-state index contributed by atoms with van der Waals surface area (Å²) in [6.07, 6.45) is 0.899. The van der Waals surface area contributed by atoms with Crippen LogP contribution < -0.4 is 11.4 Å². The van der Waals surface area contributed by atoms with Gasteiger partial charge in [0.1, 0.15) is 18.1 Å². The van der Waals surface area contributed by atoms with Gasteiger partial charge in [0.05, 0.1) is 12.7 Å². The zero-order valence-corrected chi connectivity index (χ0v) is 9.44. The molecule has 0 aromatic carbocycles. The highest BCUT2D eigenvalue weighted by molar-refractivity contribution is 5.23. The Labute approximate surface area is 97.8 Å². The van der Waals surface area contributed by atoms with Gasteiger partial charge in [-0.05, 0) is 6.07 Å². The second-order valence-electron chi connectivity index (χ2n) is 3.86. The predicted molar refractivity (Wildman–Crippen MR) is 59.3 cm³/mol.